The fraction of sp³-hybridized carbons (Fsp3) is 0.963. The minimum atomic E-state index is -0.675. The molecule has 0 saturated heterocycles. The van der Waals surface area contributed by atoms with Gasteiger partial charge in [-0.05, 0) is 25.7 Å². The smallest absolute Gasteiger partial charge is 0.305 e. The van der Waals surface area contributed by atoms with E-state index in [0.29, 0.717) is 25.9 Å². The molecule has 0 aromatic carbocycles. The van der Waals surface area contributed by atoms with Crippen LogP contribution in [-0.4, -0.2) is 47.4 Å². The normalized spacial score (nSPS) is 12.5. The number of aliphatic hydroxyl groups excluding tert-OH is 2. The van der Waals surface area contributed by atoms with Gasteiger partial charge in [0.15, 0.2) is 0 Å². The van der Waals surface area contributed by atoms with E-state index < -0.39 is 12.1 Å². The average Bonchev–Trinajstić information content (AvgIpc) is 3.25. The van der Waals surface area contributed by atoms with Crippen molar-refractivity contribution in [3.63, 3.8) is 0 Å². The molecule has 0 aliphatic carbocycles. The first-order chi connectivity index (χ1) is 29.5. The van der Waals surface area contributed by atoms with Crippen LogP contribution in [0.25, 0.3) is 0 Å². The van der Waals surface area contributed by atoms with Crippen molar-refractivity contribution < 1.29 is 24.5 Å². The number of hydrogen-bond donors (Lipinski definition) is 3. The van der Waals surface area contributed by atoms with Crippen LogP contribution in [0.4, 0.5) is 0 Å². The number of carbonyl (C=O) groups excluding carboxylic acids is 2. The van der Waals surface area contributed by atoms with Gasteiger partial charge < -0.3 is 20.3 Å². The predicted molar refractivity (Wildman–Crippen MR) is 260 cm³/mol. The van der Waals surface area contributed by atoms with E-state index in [-0.39, 0.29) is 18.5 Å². The number of hydrogen-bond acceptors (Lipinski definition) is 5. The summed E-state index contributed by atoms with van der Waals surface area (Å²) in [5.41, 5.74) is 0. The van der Waals surface area contributed by atoms with Crippen molar-refractivity contribution in [1.82, 2.24) is 5.32 Å². The molecule has 0 aromatic heterocycles. The van der Waals surface area contributed by atoms with Gasteiger partial charge in [-0.2, -0.15) is 0 Å². The van der Waals surface area contributed by atoms with E-state index in [2.05, 4.69) is 19.2 Å². The van der Waals surface area contributed by atoms with Crippen LogP contribution in [0.2, 0.25) is 0 Å². The lowest BCUT2D eigenvalue weighted by Crippen LogP contribution is -2.45. The Labute approximate surface area is 375 Å². The van der Waals surface area contributed by atoms with Crippen LogP contribution in [0, 0.1) is 0 Å². The average molecular weight is 850 g/mol. The van der Waals surface area contributed by atoms with E-state index in [0.717, 1.165) is 57.8 Å². The molecule has 3 N–H and O–H groups in total. The maximum absolute atomic E-state index is 12.5. The van der Waals surface area contributed by atoms with Gasteiger partial charge in [-0.25, -0.2) is 0 Å². The fourth-order valence-electron chi connectivity index (χ4n) is 8.70. The minimum Gasteiger partial charge on any atom is -0.466 e. The molecule has 2 atom stereocenters. The van der Waals surface area contributed by atoms with E-state index in [4.69, 9.17) is 4.74 Å². The molecule has 2 unspecified atom stereocenters. The van der Waals surface area contributed by atoms with Gasteiger partial charge in [0.2, 0.25) is 5.91 Å². The summed E-state index contributed by atoms with van der Waals surface area (Å²) >= 11 is 0. The number of rotatable bonds is 51. The predicted octanol–water partition coefficient (Wildman–Crippen LogP) is 16.4. The zero-order valence-corrected chi connectivity index (χ0v) is 40.7. The molecule has 0 fully saturated rings. The molecule has 0 bridgehead atoms. The van der Waals surface area contributed by atoms with Gasteiger partial charge in [-0.1, -0.05) is 271 Å². The largest absolute Gasteiger partial charge is 0.466 e. The highest BCUT2D eigenvalue weighted by molar-refractivity contribution is 5.76. The zero-order chi connectivity index (χ0) is 43.7. The molecule has 0 aromatic rings. The van der Waals surface area contributed by atoms with Gasteiger partial charge in [0.25, 0.3) is 0 Å². The first kappa shape index (κ1) is 58.9. The second kappa shape index (κ2) is 50.5. The molecule has 0 saturated carbocycles. The molecular formula is C54H107NO5. The summed E-state index contributed by atoms with van der Waals surface area (Å²) in [4.78, 5) is 24.5. The Kier molecular flexibility index (Phi) is 49.5. The second-order valence-corrected chi connectivity index (χ2v) is 18.9. The van der Waals surface area contributed by atoms with E-state index >= 15 is 0 Å². The number of unbranched alkanes of at least 4 members (excludes halogenated alkanes) is 40. The maximum atomic E-state index is 12.5. The highest BCUT2D eigenvalue weighted by Gasteiger charge is 2.20. The van der Waals surface area contributed by atoms with Crippen LogP contribution in [0.5, 0.6) is 0 Å². The third kappa shape index (κ3) is 46.4. The molecule has 358 valence electrons. The molecule has 0 aliphatic rings. The number of aliphatic hydroxyl groups is 2. The van der Waals surface area contributed by atoms with Crippen LogP contribution >= 0.6 is 0 Å². The summed E-state index contributed by atoms with van der Waals surface area (Å²) < 4.78 is 5.44. The van der Waals surface area contributed by atoms with E-state index in [9.17, 15) is 19.8 Å². The Bertz CT molecular complexity index is 852. The number of ether oxygens (including phenoxy) is 1. The molecule has 0 rings (SSSR count). The summed E-state index contributed by atoms with van der Waals surface area (Å²) in [6, 6.07) is -0.554. The molecule has 60 heavy (non-hydrogen) atoms. The maximum Gasteiger partial charge on any atom is 0.305 e. The molecule has 0 aliphatic heterocycles. The summed E-state index contributed by atoms with van der Waals surface area (Å²) in [5.74, 6) is -0.0627. The van der Waals surface area contributed by atoms with Gasteiger partial charge in [0.05, 0.1) is 25.4 Å². The van der Waals surface area contributed by atoms with E-state index in [1.54, 1.807) is 0 Å². The molecule has 1 amide bonds. The van der Waals surface area contributed by atoms with Crippen molar-refractivity contribution in [3.05, 3.63) is 0 Å². The first-order valence-corrected chi connectivity index (χ1v) is 27.3. The Morgan fingerprint density at radius 1 is 0.400 bits per heavy atom. The third-order valence-corrected chi connectivity index (χ3v) is 12.9. The highest BCUT2D eigenvalue weighted by Crippen LogP contribution is 2.17. The molecule has 0 radical (unpaired) electrons. The summed E-state index contributed by atoms with van der Waals surface area (Å²) in [5, 5.41) is 23.3. The molecule has 0 heterocycles. The monoisotopic (exact) mass is 850 g/mol. The van der Waals surface area contributed by atoms with Gasteiger partial charge in [-0.3, -0.25) is 9.59 Å². The molecule has 6 heteroatoms. The van der Waals surface area contributed by atoms with Crippen molar-refractivity contribution in [2.45, 2.75) is 321 Å². The fourth-order valence-corrected chi connectivity index (χ4v) is 8.70. The van der Waals surface area contributed by atoms with Crippen molar-refractivity contribution in [2.75, 3.05) is 13.2 Å². The Morgan fingerprint density at radius 3 is 1.02 bits per heavy atom. The first-order valence-electron chi connectivity index (χ1n) is 27.3. The van der Waals surface area contributed by atoms with Gasteiger partial charge >= 0.3 is 5.97 Å². The van der Waals surface area contributed by atoms with Crippen LogP contribution in [-0.2, 0) is 14.3 Å². The lowest BCUT2D eigenvalue weighted by Gasteiger charge is -2.22. The van der Waals surface area contributed by atoms with Gasteiger partial charge in [0, 0.05) is 12.8 Å². The van der Waals surface area contributed by atoms with Crippen molar-refractivity contribution in [2.24, 2.45) is 0 Å². The topological polar surface area (TPSA) is 95.9 Å². The van der Waals surface area contributed by atoms with Crippen molar-refractivity contribution in [3.8, 4) is 0 Å². The van der Waals surface area contributed by atoms with E-state index in [1.165, 1.54) is 218 Å². The minimum absolute atomic E-state index is 0.0127. The Balaban J connectivity index is 3.46. The number of amides is 1. The third-order valence-electron chi connectivity index (χ3n) is 12.9. The van der Waals surface area contributed by atoms with Gasteiger partial charge in [-0.15, -0.1) is 0 Å². The standard InChI is InChI=1S/C54H107NO5/c1-3-5-7-9-11-13-15-16-17-18-19-20-21-22-23-24-27-30-34-38-42-46-52(57)51(50-56)55-53(58)47-43-39-35-31-28-25-29-33-37-41-45-49-60-54(59)48-44-40-36-32-26-14-12-10-8-6-4-2/h51-52,56-57H,3-50H2,1-2H3,(H,55,58). The molecule has 6 nitrogen and oxygen atoms in total. The van der Waals surface area contributed by atoms with Crippen LogP contribution < -0.4 is 5.32 Å². The highest BCUT2D eigenvalue weighted by atomic mass is 16.5. The summed E-state index contributed by atoms with van der Waals surface area (Å²) in [7, 11) is 0. The van der Waals surface area contributed by atoms with Crippen molar-refractivity contribution >= 4 is 11.9 Å². The van der Waals surface area contributed by atoms with E-state index in [1.807, 2.05) is 0 Å². The lowest BCUT2D eigenvalue weighted by atomic mass is 10.0. The summed E-state index contributed by atoms with van der Waals surface area (Å²) in [6.45, 7) is 4.93. The van der Waals surface area contributed by atoms with Gasteiger partial charge in [0.1, 0.15) is 0 Å². The number of carbonyl (C=O) groups is 2. The van der Waals surface area contributed by atoms with Crippen LogP contribution in [0.1, 0.15) is 309 Å². The lowest BCUT2D eigenvalue weighted by molar-refractivity contribution is -0.143. The quantitative estimate of drug-likeness (QED) is 0.0418. The molecule has 0 spiro atoms. The Morgan fingerprint density at radius 2 is 0.683 bits per heavy atom. The number of esters is 1. The van der Waals surface area contributed by atoms with Crippen LogP contribution in [0.15, 0.2) is 0 Å². The number of nitrogens with one attached hydrogen (secondary N) is 1. The zero-order valence-electron chi connectivity index (χ0n) is 40.7. The molecular weight excluding hydrogens is 743 g/mol. The SMILES string of the molecule is CCCCCCCCCCCCCCCCCCCCCCCC(O)C(CO)NC(=O)CCCCCCCCCCCCCOC(=O)CCCCCCCCCCCCC. The second-order valence-electron chi connectivity index (χ2n) is 18.9. The van der Waals surface area contributed by atoms with Crippen LogP contribution in [0.3, 0.4) is 0 Å². The van der Waals surface area contributed by atoms with Crippen molar-refractivity contribution in [1.29, 1.82) is 0 Å². The summed E-state index contributed by atoms with van der Waals surface area (Å²) in [6.07, 6.45) is 56.5. The Hall–Kier alpha value is -1.14.